The van der Waals surface area contributed by atoms with E-state index in [9.17, 15) is 18.4 Å². The van der Waals surface area contributed by atoms with Crippen LogP contribution in [0.25, 0.3) is 17.2 Å². The summed E-state index contributed by atoms with van der Waals surface area (Å²) >= 11 is 7.07. The Hall–Kier alpha value is -3.03. The zero-order chi connectivity index (χ0) is 21.7. The molecule has 0 bridgehead atoms. The van der Waals surface area contributed by atoms with Crippen molar-refractivity contribution in [2.75, 3.05) is 11.9 Å². The maximum Gasteiger partial charge on any atom is 0.341 e. The van der Waals surface area contributed by atoms with Crippen LogP contribution in [0.1, 0.15) is 22.8 Å². The Morgan fingerprint density at radius 3 is 2.57 bits per heavy atom. The van der Waals surface area contributed by atoms with Gasteiger partial charge in [-0.2, -0.15) is 0 Å². The molecule has 0 aliphatic carbocycles. The molecule has 0 aliphatic heterocycles. The number of carbonyl (C=O) groups excluding carboxylic acids is 2. The van der Waals surface area contributed by atoms with Gasteiger partial charge in [-0.25, -0.2) is 13.6 Å². The van der Waals surface area contributed by atoms with Crippen LogP contribution in [0.4, 0.5) is 13.8 Å². The Balaban J connectivity index is 1.90. The number of hydrogen-bond acceptors (Lipinski definition) is 4. The highest BCUT2D eigenvalue weighted by Crippen LogP contribution is 2.36. The van der Waals surface area contributed by atoms with Crippen LogP contribution in [0.2, 0.25) is 5.02 Å². The van der Waals surface area contributed by atoms with Gasteiger partial charge in [-0.1, -0.05) is 29.8 Å². The Labute approximate surface area is 180 Å². The molecule has 0 fully saturated rings. The number of halogens is 3. The molecule has 1 amide bonds. The molecule has 3 aromatic rings. The summed E-state index contributed by atoms with van der Waals surface area (Å²) in [5.41, 5.74) is 1.36. The van der Waals surface area contributed by atoms with E-state index in [4.69, 9.17) is 16.3 Å². The van der Waals surface area contributed by atoms with E-state index in [1.807, 2.05) is 0 Å². The minimum absolute atomic E-state index is 0.0816. The van der Waals surface area contributed by atoms with Gasteiger partial charge in [0.1, 0.15) is 22.2 Å². The smallest absolute Gasteiger partial charge is 0.341 e. The van der Waals surface area contributed by atoms with Gasteiger partial charge in [0.15, 0.2) is 0 Å². The van der Waals surface area contributed by atoms with E-state index in [0.29, 0.717) is 11.1 Å². The zero-order valence-corrected chi connectivity index (χ0v) is 17.3. The van der Waals surface area contributed by atoms with E-state index in [0.717, 1.165) is 17.4 Å². The molecule has 1 aromatic heterocycles. The first kappa shape index (κ1) is 21.7. The molecule has 0 unspecified atom stereocenters. The van der Waals surface area contributed by atoms with E-state index in [2.05, 4.69) is 5.32 Å². The Morgan fingerprint density at radius 2 is 1.90 bits per heavy atom. The molecular weight excluding hydrogens is 432 g/mol. The predicted molar refractivity (Wildman–Crippen MR) is 115 cm³/mol. The van der Waals surface area contributed by atoms with E-state index >= 15 is 0 Å². The number of benzene rings is 2. The fourth-order valence-electron chi connectivity index (χ4n) is 2.68. The lowest BCUT2D eigenvalue weighted by molar-refractivity contribution is -0.111. The van der Waals surface area contributed by atoms with Crippen molar-refractivity contribution in [3.8, 4) is 11.1 Å². The first-order chi connectivity index (χ1) is 14.4. The molecule has 154 valence electrons. The third-order valence-corrected chi connectivity index (χ3v) is 5.29. The topological polar surface area (TPSA) is 55.4 Å². The highest BCUT2D eigenvalue weighted by atomic mass is 35.5. The van der Waals surface area contributed by atoms with Crippen LogP contribution < -0.4 is 5.32 Å². The molecule has 3 rings (SSSR count). The Kier molecular flexibility index (Phi) is 6.97. The fourth-order valence-corrected chi connectivity index (χ4v) is 3.87. The van der Waals surface area contributed by atoms with Crippen molar-refractivity contribution in [3.05, 3.63) is 81.7 Å². The number of carbonyl (C=O) groups is 2. The molecule has 8 heteroatoms. The van der Waals surface area contributed by atoms with Crippen LogP contribution in [0.15, 0.2) is 53.9 Å². The van der Waals surface area contributed by atoms with Gasteiger partial charge in [0.25, 0.3) is 0 Å². The maximum atomic E-state index is 13.8. The minimum Gasteiger partial charge on any atom is -0.462 e. The van der Waals surface area contributed by atoms with Crippen molar-refractivity contribution in [3.63, 3.8) is 0 Å². The average molecular weight is 448 g/mol. The number of esters is 1. The molecule has 0 atom stereocenters. The van der Waals surface area contributed by atoms with Crippen molar-refractivity contribution >= 4 is 45.9 Å². The lowest BCUT2D eigenvalue weighted by Gasteiger charge is -2.08. The second-order valence-electron chi connectivity index (χ2n) is 6.04. The number of amides is 1. The minimum atomic E-state index is -0.616. The molecule has 1 heterocycles. The van der Waals surface area contributed by atoms with Crippen molar-refractivity contribution in [2.24, 2.45) is 0 Å². The summed E-state index contributed by atoms with van der Waals surface area (Å²) in [6, 6.07) is 9.83. The summed E-state index contributed by atoms with van der Waals surface area (Å²) in [4.78, 5) is 24.9. The normalized spacial score (nSPS) is 10.9. The number of ether oxygens (including phenoxy) is 1. The lowest BCUT2D eigenvalue weighted by atomic mass is 10.0. The standard InChI is InChI=1S/C22H16ClF2NO3S/c1-2-29-22(28)20-16(13-6-8-14(24)9-7-13)12-30-21(20)26-19(27)11-10-15-17(23)4-3-5-18(15)25/h3-12H,2H2,1H3,(H,26,27). The molecule has 2 aromatic carbocycles. The van der Waals surface area contributed by atoms with Crippen LogP contribution in [0.5, 0.6) is 0 Å². The van der Waals surface area contributed by atoms with Crippen LogP contribution in [-0.2, 0) is 9.53 Å². The van der Waals surface area contributed by atoms with Gasteiger partial charge in [-0.05, 0) is 42.8 Å². The third-order valence-electron chi connectivity index (χ3n) is 4.06. The van der Waals surface area contributed by atoms with E-state index in [1.54, 1.807) is 12.3 Å². The van der Waals surface area contributed by atoms with Crippen LogP contribution in [0.3, 0.4) is 0 Å². The van der Waals surface area contributed by atoms with Gasteiger partial charge in [0.05, 0.1) is 11.6 Å². The van der Waals surface area contributed by atoms with Crippen LogP contribution in [0, 0.1) is 11.6 Å². The number of anilines is 1. The number of thiophene rings is 1. The Bertz CT molecular complexity index is 1090. The van der Waals surface area contributed by atoms with Gasteiger partial charge < -0.3 is 10.1 Å². The van der Waals surface area contributed by atoms with Gasteiger partial charge in [-0.3, -0.25) is 4.79 Å². The molecule has 0 saturated heterocycles. The summed E-state index contributed by atoms with van der Waals surface area (Å²) in [5.74, 6) is -2.16. The number of rotatable bonds is 6. The van der Waals surface area contributed by atoms with Gasteiger partial charge in [0, 0.05) is 22.6 Å². The van der Waals surface area contributed by atoms with Gasteiger partial charge in [0.2, 0.25) is 5.91 Å². The van der Waals surface area contributed by atoms with E-state index < -0.39 is 23.5 Å². The summed E-state index contributed by atoms with van der Waals surface area (Å²) in [6.45, 7) is 1.82. The second-order valence-corrected chi connectivity index (χ2v) is 7.33. The molecule has 0 spiro atoms. The molecule has 1 N–H and O–H groups in total. The first-order valence-corrected chi connectivity index (χ1v) is 10.1. The highest BCUT2D eigenvalue weighted by Gasteiger charge is 2.22. The first-order valence-electron chi connectivity index (χ1n) is 8.88. The van der Waals surface area contributed by atoms with Gasteiger partial charge in [-0.15, -0.1) is 11.3 Å². The Morgan fingerprint density at radius 1 is 1.17 bits per heavy atom. The van der Waals surface area contributed by atoms with Crippen molar-refractivity contribution in [2.45, 2.75) is 6.92 Å². The molecule has 4 nitrogen and oxygen atoms in total. The summed E-state index contributed by atoms with van der Waals surface area (Å²) < 4.78 is 32.2. The monoisotopic (exact) mass is 447 g/mol. The second kappa shape index (κ2) is 9.65. The fraction of sp³-hybridized carbons (Fsp3) is 0.0909. The summed E-state index contributed by atoms with van der Waals surface area (Å²) in [6.07, 6.45) is 2.38. The lowest BCUT2D eigenvalue weighted by Crippen LogP contribution is -2.12. The molecule has 0 saturated carbocycles. The quantitative estimate of drug-likeness (QED) is 0.363. The molecule has 0 aliphatic rings. The number of nitrogens with one attached hydrogen (secondary N) is 1. The molecule has 30 heavy (non-hydrogen) atoms. The third kappa shape index (κ3) is 4.93. The highest BCUT2D eigenvalue weighted by molar-refractivity contribution is 7.15. The number of hydrogen-bond donors (Lipinski definition) is 1. The molecule has 0 radical (unpaired) electrons. The summed E-state index contributed by atoms with van der Waals surface area (Å²) in [5, 5.41) is 4.72. The van der Waals surface area contributed by atoms with Crippen molar-refractivity contribution in [1.82, 2.24) is 0 Å². The van der Waals surface area contributed by atoms with Crippen molar-refractivity contribution < 1.29 is 23.1 Å². The van der Waals surface area contributed by atoms with Gasteiger partial charge >= 0.3 is 5.97 Å². The largest absolute Gasteiger partial charge is 0.462 e. The van der Waals surface area contributed by atoms with Crippen LogP contribution in [-0.4, -0.2) is 18.5 Å². The van der Waals surface area contributed by atoms with E-state index in [1.165, 1.54) is 48.5 Å². The average Bonchev–Trinajstić information content (AvgIpc) is 3.12. The zero-order valence-electron chi connectivity index (χ0n) is 15.7. The SMILES string of the molecule is CCOC(=O)c1c(-c2ccc(F)cc2)csc1NC(=O)C=Cc1c(F)cccc1Cl. The van der Waals surface area contributed by atoms with Crippen molar-refractivity contribution in [1.29, 1.82) is 0 Å². The summed E-state index contributed by atoms with van der Waals surface area (Å²) in [7, 11) is 0. The molecular formula is C22H16ClF2NO3S. The van der Waals surface area contributed by atoms with E-state index in [-0.39, 0.29) is 27.8 Å². The predicted octanol–water partition coefficient (Wildman–Crippen LogP) is 6.18. The van der Waals surface area contributed by atoms with Crippen LogP contribution >= 0.6 is 22.9 Å². The maximum absolute atomic E-state index is 13.8.